The van der Waals surface area contributed by atoms with Crippen molar-refractivity contribution in [3.63, 3.8) is 0 Å². The minimum absolute atomic E-state index is 0.280. The van der Waals surface area contributed by atoms with Crippen molar-refractivity contribution in [3.05, 3.63) is 52.5 Å². The monoisotopic (exact) mass is 433 g/mol. The van der Waals surface area contributed by atoms with Crippen molar-refractivity contribution in [3.8, 4) is 22.1 Å². The van der Waals surface area contributed by atoms with Crippen LogP contribution in [-0.4, -0.2) is 37.4 Å². The van der Waals surface area contributed by atoms with Crippen LogP contribution in [0.4, 0.5) is 5.13 Å². The zero-order valence-corrected chi connectivity index (χ0v) is 16.8. The lowest BCUT2D eigenvalue weighted by Crippen LogP contribution is -2.27. The van der Waals surface area contributed by atoms with Gasteiger partial charge in [-0.15, -0.1) is 10.2 Å². The predicted octanol–water partition coefficient (Wildman–Crippen LogP) is 4.26. The Morgan fingerprint density at radius 3 is 2.23 bits per heavy atom. The van der Waals surface area contributed by atoms with Gasteiger partial charge in [-0.05, 0) is 24.3 Å². The molecule has 1 heterocycles. The highest BCUT2D eigenvalue weighted by Gasteiger charge is 2.24. The summed E-state index contributed by atoms with van der Waals surface area (Å²) in [6.45, 7) is 0. The van der Waals surface area contributed by atoms with Gasteiger partial charge in [0.05, 0.1) is 14.2 Å². The number of carbonyl (C=O) groups is 1. The van der Waals surface area contributed by atoms with Gasteiger partial charge in [0.2, 0.25) is 5.13 Å². The van der Waals surface area contributed by atoms with Crippen molar-refractivity contribution in [2.45, 2.75) is 0 Å². The maximum absolute atomic E-state index is 13.0. The molecule has 2 aromatic carbocycles. The Balaban J connectivity index is 1.92. The summed E-state index contributed by atoms with van der Waals surface area (Å²) in [6.07, 6.45) is 0. The van der Waals surface area contributed by atoms with Gasteiger partial charge in [-0.2, -0.15) is 0 Å². The Labute approximate surface area is 163 Å². The number of methoxy groups -OCH3 is 2. The zero-order valence-electron chi connectivity index (χ0n) is 14.4. The summed E-state index contributed by atoms with van der Waals surface area (Å²) in [4.78, 5) is 14.4. The summed E-state index contributed by atoms with van der Waals surface area (Å²) in [5.74, 6) is 0.607. The average Bonchev–Trinajstić information content (AvgIpc) is 3.16. The molecule has 0 saturated heterocycles. The molecule has 0 fully saturated rings. The third-order valence-electron chi connectivity index (χ3n) is 3.74. The molecular weight excluding hydrogens is 418 g/mol. The van der Waals surface area contributed by atoms with E-state index in [-0.39, 0.29) is 5.91 Å². The predicted molar refractivity (Wildman–Crippen MR) is 105 cm³/mol. The van der Waals surface area contributed by atoms with Gasteiger partial charge in [0.1, 0.15) is 22.1 Å². The Bertz CT molecular complexity index is 905. The Morgan fingerprint density at radius 2 is 1.65 bits per heavy atom. The van der Waals surface area contributed by atoms with Crippen LogP contribution >= 0.6 is 27.3 Å². The first-order valence-electron chi connectivity index (χ1n) is 7.63. The van der Waals surface area contributed by atoms with E-state index in [0.29, 0.717) is 22.2 Å². The number of carbonyl (C=O) groups excluding carboxylic acids is 1. The van der Waals surface area contributed by atoms with Crippen LogP contribution in [0, 0.1) is 0 Å². The number of nitrogens with zero attached hydrogens (tertiary/aromatic N) is 3. The number of hydrogen-bond donors (Lipinski definition) is 0. The average molecular weight is 434 g/mol. The topological polar surface area (TPSA) is 64.6 Å². The number of aromatic nitrogens is 2. The lowest BCUT2D eigenvalue weighted by molar-refractivity contribution is 0.0987. The number of hydrogen-bond acceptors (Lipinski definition) is 6. The SMILES string of the molecule is COc1cccc(OC)c1C(=O)N(C)c1nnc(-c2ccc(Br)cc2)s1. The van der Waals surface area contributed by atoms with E-state index in [4.69, 9.17) is 9.47 Å². The van der Waals surface area contributed by atoms with Crippen LogP contribution in [0.1, 0.15) is 10.4 Å². The van der Waals surface area contributed by atoms with E-state index in [1.54, 1.807) is 25.2 Å². The second-order valence-electron chi connectivity index (χ2n) is 5.30. The number of ether oxygens (including phenoxy) is 2. The van der Waals surface area contributed by atoms with Crippen LogP contribution in [0.3, 0.4) is 0 Å². The molecule has 26 heavy (non-hydrogen) atoms. The maximum atomic E-state index is 13.0. The molecule has 1 aromatic heterocycles. The molecule has 3 rings (SSSR count). The second-order valence-corrected chi connectivity index (χ2v) is 7.17. The van der Waals surface area contributed by atoms with Crippen molar-refractivity contribution in [1.82, 2.24) is 10.2 Å². The van der Waals surface area contributed by atoms with Crippen molar-refractivity contribution in [2.24, 2.45) is 0 Å². The molecule has 0 aliphatic carbocycles. The summed E-state index contributed by atoms with van der Waals surface area (Å²) in [5, 5.41) is 9.57. The fourth-order valence-electron chi connectivity index (χ4n) is 2.38. The van der Waals surface area contributed by atoms with Crippen LogP contribution in [0.5, 0.6) is 11.5 Å². The summed E-state index contributed by atoms with van der Waals surface area (Å²) >= 11 is 4.75. The Morgan fingerprint density at radius 1 is 1.04 bits per heavy atom. The van der Waals surface area contributed by atoms with E-state index in [1.165, 1.54) is 30.5 Å². The number of amides is 1. The molecule has 0 atom stereocenters. The van der Waals surface area contributed by atoms with Gasteiger partial charge in [0.25, 0.3) is 5.91 Å². The summed E-state index contributed by atoms with van der Waals surface area (Å²) < 4.78 is 11.6. The molecule has 0 saturated carbocycles. The van der Waals surface area contributed by atoms with E-state index in [9.17, 15) is 4.79 Å². The molecular formula is C18H16BrN3O3S. The molecule has 0 N–H and O–H groups in total. The summed E-state index contributed by atoms with van der Waals surface area (Å²) in [6, 6.07) is 13.0. The van der Waals surface area contributed by atoms with Gasteiger partial charge in [0.15, 0.2) is 0 Å². The highest BCUT2D eigenvalue weighted by Crippen LogP contribution is 2.33. The molecule has 0 bridgehead atoms. The van der Waals surface area contributed by atoms with E-state index < -0.39 is 0 Å². The molecule has 6 nitrogen and oxygen atoms in total. The summed E-state index contributed by atoms with van der Waals surface area (Å²) in [7, 11) is 4.68. The normalized spacial score (nSPS) is 10.5. The minimum Gasteiger partial charge on any atom is -0.496 e. The molecule has 8 heteroatoms. The van der Waals surface area contributed by atoms with E-state index >= 15 is 0 Å². The Hall–Kier alpha value is -2.45. The van der Waals surface area contributed by atoms with Crippen molar-refractivity contribution in [2.75, 3.05) is 26.2 Å². The first kappa shape index (κ1) is 18.3. The van der Waals surface area contributed by atoms with Crippen LogP contribution in [-0.2, 0) is 0 Å². The van der Waals surface area contributed by atoms with Gasteiger partial charge in [-0.25, -0.2) is 0 Å². The third kappa shape index (κ3) is 3.56. The molecule has 1 amide bonds. The first-order chi connectivity index (χ1) is 12.5. The highest BCUT2D eigenvalue weighted by atomic mass is 79.9. The number of rotatable bonds is 5. The van der Waals surface area contributed by atoms with Gasteiger partial charge in [0, 0.05) is 17.1 Å². The van der Waals surface area contributed by atoms with Crippen molar-refractivity contribution >= 4 is 38.3 Å². The van der Waals surface area contributed by atoms with E-state index in [0.717, 1.165) is 15.0 Å². The van der Waals surface area contributed by atoms with Gasteiger partial charge in [-0.1, -0.05) is 45.5 Å². The molecule has 0 unspecified atom stereocenters. The lowest BCUT2D eigenvalue weighted by atomic mass is 10.1. The van der Waals surface area contributed by atoms with Crippen molar-refractivity contribution in [1.29, 1.82) is 0 Å². The summed E-state index contributed by atoms with van der Waals surface area (Å²) in [5.41, 5.74) is 1.29. The number of halogens is 1. The fraction of sp³-hybridized carbons (Fsp3) is 0.167. The maximum Gasteiger partial charge on any atom is 0.267 e. The van der Waals surface area contributed by atoms with Crippen LogP contribution in [0.25, 0.3) is 10.6 Å². The number of benzene rings is 2. The standard InChI is InChI=1S/C18H16BrN3O3S/c1-22(17(23)15-13(24-2)5-4-6-14(15)25-3)18-21-20-16(26-18)11-7-9-12(19)10-8-11/h4-10H,1-3H3. The molecule has 0 aliphatic heterocycles. The van der Waals surface area contributed by atoms with Crippen LogP contribution in [0.15, 0.2) is 46.9 Å². The van der Waals surface area contributed by atoms with E-state index in [1.807, 2.05) is 24.3 Å². The molecule has 134 valence electrons. The third-order valence-corrected chi connectivity index (χ3v) is 5.32. The molecule has 0 spiro atoms. The van der Waals surface area contributed by atoms with Crippen LogP contribution in [0.2, 0.25) is 0 Å². The molecule has 3 aromatic rings. The second kappa shape index (κ2) is 7.84. The van der Waals surface area contributed by atoms with Gasteiger partial charge < -0.3 is 9.47 Å². The largest absolute Gasteiger partial charge is 0.496 e. The molecule has 0 aliphatic rings. The minimum atomic E-state index is -0.280. The fourth-order valence-corrected chi connectivity index (χ4v) is 3.45. The Kier molecular flexibility index (Phi) is 5.53. The quantitative estimate of drug-likeness (QED) is 0.601. The first-order valence-corrected chi connectivity index (χ1v) is 9.24. The smallest absolute Gasteiger partial charge is 0.267 e. The molecule has 0 radical (unpaired) electrons. The van der Waals surface area contributed by atoms with E-state index in [2.05, 4.69) is 26.1 Å². The van der Waals surface area contributed by atoms with Gasteiger partial charge >= 0.3 is 0 Å². The number of anilines is 1. The lowest BCUT2D eigenvalue weighted by Gasteiger charge is -2.17. The zero-order chi connectivity index (χ0) is 18.7. The van der Waals surface area contributed by atoms with Crippen molar-refractivity contribution < 1.29 is 14.3 Å². The van der Waals surface area contributed by atoms with Gasteiger partial charge in [-0.3, -0.25) is 9.69 Å². The van der Waals surface area contributed by atoms with Crippen LogP contribution < -0.4 is 14.4 Å². The highest BCUT2D eigenvalue weighted by molar-refractivity contribution is 9.10.